The first kappa shape index (κ1) is 30.5. The van der Waals surface area contributed by atoms with Crippen molar-refractivity contribution in [1.82, 2.24) is 10.3 Å². The van der Waals surface area contributed by atoms with Gasteiger partial charge in [-0.15, -0.1) is 0 Å². The first-order valence-electron chi connectivity index (χ1n) is 13.8. The lowest BCUT2D eigenvalue weighted by Crippen LogP contribution is -2.25. The quantitative estimate of drug-likeness (QED) is 0.111. The van der Waals surface area contributed by atoms with E-state index in [-0.39, 0.29) is 45.3 Å². The number of amides is 1. The normalized spacial score (nSPS) is 12.2. The van der Waals surface area contributed by atoms with E-state index in [4.69, 9.17) is 8.83 Å². The zero-order valence-electron chi connectivity index (χ0n) is 24.9. The van der Waals surface area contributed by atoms with Gasteiger partial charge >= 0.3 is 0 Å². The Morgan fingerprint density at radius 1 is 0.957 bits per heavy atom. The number of halogens is 2. The van der Waals surface area contributed by atoms with Gasteiger partial charge in [-0.05, 0) is 73.2 Å². The summed E-state index contributed by atoms with van der Waals surface area (Å²) in [7, 11) is -0.987. The Morgan fingerprint density at radius 3 is 2.33 bits per heavy atom. The number of sulfonamides is 1. The average Bonchev–Trinajstić information content (AvgIpc) is 3.65. The number of hydrogen-bond donors (Lipinski definition) is 2. The number of rotatable bonds is 7. The number of benzene rings is 4. The predicted molar refractivity (Wildman–Crippen MR) is 171 cm³/mol. The lowest BCUT2D eigenvalue weighted by Gasteiger charge is -2.21. The van der Waals surface area contributed by atoms with Crippen molar-refractivity contribution in [3.63, 3.8) is 0 Å². The summed E-state index contributed by atoms with van der Waals surface area (Å²) in [6, 6.07) is 17.8. The summed E-state index contributed by atoms with van der Waals surface area (Å²) in [4.78, 5) is 17.6. The zero-order chi connectivity index (χ0) is 32.9. The third-order valence-electron chi connectivity index (χ3n) is 7.63. The van der Waals surface area contributed by atoms with E-state index >= 15 is 0 Å². The molecule has 2 aromatic heterocycles. The SMILES string of the molecule is CNC(=O)c1c(-c2ccc(F)cc2)oc2cc(N(C)S(C)(=O)=O)c(-c3cc(/C(C)=N/O)cc(-c4nc5c(F)cccc5o4)c3)cc12. The smallest absolute Gasteiger partial charge is 0.255 e. The number of oxazole rings is 1. The molecule has 0 bridgehead atoms. The van der Waals surface area contributed by atoms with Crippen molar-refractivity contribution < 1.29 is 36.0 Å². The molecule has 0 unspecified atom stereocenters. The van der Waals surface area contributed by atoms with Crippen molar-refractivity contribution in [2.24, 2.45) is 5.16 Å². The third kappa shape index (κ3) is 5.34. The van der Waals surface area contributed by atoms with Gasteiger partial charge in [0.1, 0.15) is 22.7 Å². The fourth-order valence-corrected chi connectivity index (χ4v) is 5.68. The summed E-state index contributed by atoms with van der Waals surface area (Å²) < 4.78 is 67.0. The number of anilines is 1. The molecule has 6 aromatic rings. The molecule has 0 spiro atoms. The second-order valence-corrected chi connectivity index (χ2v) is 12.6. The number of hydrogen-bond acceptors (Lipinski definition) is 8. The molecule has 6 rings (SSSR count). The summed E-state index contributed by atoms with van der Waals surface area (Å²) in [5.41, 5.74) is 3.03. The predicted octanol–water partition coefficient (Wildman–Crippen LogP) is 6.81. The fourth-order valence-electron chi connectivity index (χ4n) is 5.17. The minimum atomic E-state index is -3.82. The van der Waals surface area contributed by atoms with Crippen molar-refractivity contribution in [2.75, 3.05) is 24.7 Å². The lowest BCUT2D eigenvalue weighted by atomic mass is 9.94. The molecule has 0 aliphatic heterocycles. The molecule has 10 nitrogen and oxygen atoms in total. The number of furan rings is 1. The Bertz CT molecular complexity index is 2310. The van der Waals surface area contributed by atoms with E-state index < -0.39 is 27.6 Å². The molecule has 1 amide bonds. The molecule has 0 saturated heterocycles. The minimum absolute atomic E-state index is 0.0258. The van der Waals surface area contributed by atoms with Crippen molar-refractivity contribution >= 4 is 49.4 Å². The van der Waals surface area contributed by atoms with Gasteiger partial charge < -0.3 is 19.4 Å². The van der Waals surface area contributed by atoms with E-state index in [0.717, 1.165) is 10.6 Å². The number of nitrogens with zero attached hydrogens (tertiary/aromatic N) is 3. The molecule has 0 aliphatic carbocycles. The highest BCUT2D eigenvalue weighted by molar-refractivity contribution is 7.92. The van der Waals surface area contributed by atoms with Crippen LogP contribution in [0.25, 0.3) is 56.0 Å². The molecule has 13 heteroatoms. The first-order valence-corrected chi connectivity index (χ1v) is 15.7. The van der Waals surface area contributed by atoms with Crippen LogP contribution in [0.5, 0.6) is 0 Å². The summed E-state index contributed by atoms with van der Waals surface area (Å²) in [6.45, 7) is 1.57. The van der Waals surface area contributed by atoms with Crippen molar-refractivity contribution in [3.8, 4) is 33.9 Å². The number of carbonyl (C=O) groups excluding carboxylic acids is 1. The van der Waals surface area contributed by atoms with E-state index in [1.54, 1.807) is 37.3 Å². The Labute approximate surface area is 261 Å². The Kier molecular flexibility index (Phi) is 7.56. The molecular weight excluding hydrogens is 618 g/mol. The van der Waals surface area contributed by atoms with Crippen LogP contribution in [0, 0.1) is 11.6 Å². The van der Waals surface area contributed by atoms with Crippen LogP contribution in [-0.4, -0.2) is 50.6 Å². The third-order valence-corrected chi connectivity index (χ3v) is 8.82. The van der Waals surface area contributed by atoms with Gasteiger partial charge in [0, 0.05) is 47.8 Å². The van der Waals surface area contributed by atoms with E-state index in [2.05, 4.69) is 15.5 Å². The number of oxime groups is 1. The van der Waals surface area contributed by atoms with Crippen molar-refractivity contribution in [2.45, 2.75) is 6.92 Å². The van der Waals surface area contributed by atoms with Gasteiger partial charge in [0.15, 0.2) is 11.4 Å². The molecule has 0 fully saturated rings. The molecule has 2 N–H and O–H groups in total. The van der Waals surface area contributed by atoms with E-state index in [1.165, 1.54) is 56.6 Å². The Balaban J connectivity index is 1.68. The van der Waals surface area contributed by atoms with Gasteiger partial charge in [0.25, 0.3) is 5.91 Å². The van der Waals surface area contributed by atoms with E-state index in [1.807, 2.05) is 0 Å². The van der Waals surface area contributed by atoms with Gasteiger partial charge in [-0.2, -0.15) is 0 Å². The fraction of sp³-hybridized carbons (Fsp3) is 0.121. The molecular formula is C33H26F2N4O6S. The summed E-state index contributed by atoms with van der Waals surface area (Å²) >= 11 is 0. The van der Waals surface area contributed by atoms with Crippen LogP contribution in [0.3, 0.4) is 0 Å². The van der Waals surface area contributed by atoms with Crippen LogP contribution in [-0.2, 0) is 10.0 Å². The van der Waals surface area contributed by atoms with Crippen LogP contribution in [0.15, 0.2) is 86.8 Å². The maximum atomic E-state index is 14.5. The molecule has 4 aromatic carbocycles. The zero-order valence-corrected chi connectivity index (χ0v) is 25.7. The maximum Gasteiger partial charge on any atom is 0.255 e. The average molecular weight is 645 g/mol. The van der Waals surface area contributed by atoms with Gasteiger partial charge in [-0.25, -0.2) is 22.2 Å². The largest absolute Gasteiger partial charge is 0.455 e. The first-order chi connectivity index (χ1) is 21.9. The van der Waals surface area contributed by atoms with Gasteiger partial charge in [0.2, 0.25) is 15.9 Å². The highest BCUT2D eigenvalue weighted by atomic mass is 32.2. The second kappa shape index (κ2) is 11.4. The van der Waals surface area contributed by atoms with Crippen LogP contribution in [0.4, 0.5) is 14.5 Å². The Hall–Kier alpha value is -5.56. The molecule has 234 valence electrons. The van der Waals surface area contributed by atoms with Crippen molar-refractivity contribution in [1.29, 1.82) is 0 Å². The Morgan fingerprint density at radius 2 is 1.67 bits per heavy atom. The summed E-state index contributed by atoms with van der Waals surface area (Å²) in [6.07, 6.45) is 1.04. The van der Waals surface area contributed by atoms with E-state index in [0.29, 0.717) is 33.2 Å². The standard InChI is InChI=1S/C33H26F2N4O6S/c1-17(38-41)19-12-20(14-21(13-19)33-37-30-25(35)6-5-7-27(30)45-33)23-15-24-28(16-26(23)39(3)46(4,42)43)44-31(29(24)32(40)36-2)18-8-10-22(34)11-9-18/h5-16,41H,1-4H3,(H,36,40)/b38-17+. The minimum Gasteiger partial charge on any atom is -0.455 e. The summed E-state index contributed by atoms with van der Waals surface area (Å²) in [5, 5.41) is 15.9. The van der Waals surface area contributed by atoms with E-state index in [9.17, 15) is 27.2 Å². The monoisotopic (exact) mass is 644 g/mol. The maximum absolute atomic E-state index is 14.5. The molecule has 2 heterocycles. The van der Waals surface area contributed by atoms with Crippen LogP contribution in [0.2, 0.25) is 0 Å². The molecule has 0 aliphatic rings. The molecule has 46 heavy (non-hydrogen) atoms. The number of fused-ring (bicyclic) bond motifs is 2. The van der Waals surface area contributed by atoms with Crippen molar-refractivity contribution in [3.05, 3.63) is 95.6 Å². The molecule has 0 saturated carbocycles. The molecule has 0 atom stereocenters. The highest BCUT2D eigenvalue weighted by Crippen LogP contribution is 2.42. The topological polar surface area (TPSA) is 138 Å². The van der Waals surface area contributed by atoms with Crippen LogP contribution < -0.4 is 9.62 Å². The van der Waals surface area contributed by atoms with Crippen LogP contribution >= 0.6 is 0 Å². The summed E-state index contributed by atoms with van der Waals surface area (Å²) in [5.74, 6) is -1.30. The number of aromatic nitrogens is 1. The van der Waals surface area contributed by atoms with Gasteiger partial charge in [-0.1, -0.05) is 11.2 Å². The lowest BCUT2D eigenvalue weighted by molar-refractivity contribution is 0.0964. The van der Waals surface area contributed by atoms with Crippen LogP contribution in [0.1, 0.15) is 22.8 Å². The molecule has 0 radical (unpaired) electrons. The second-order valence-electron chi connectivity index (χ2n) is 10.6. The van der Waals surface area contributed by atoms with Gasteiger partial charge in [0.05, 0.1) is 23.2 Å². The number of carbonyl (C=O) groups is 1. The number of nitrogens with one attached hydrogen (secondary N) is 1. The van der Waals surface area contributed by atoms with Gasteiger partial charge in [-0.3, -0.25) is 9.10 Å². The number of para-hydroxylation sites is 1. The highest BCUT2D eigenvalue weighted by Gasteiger charge is 2.27.